The zero-order chi connectivity index (χ0) is 24.9. The molecule has 0 aliphatic heterocycles. The summed E-state index contributed by atoms with van der Waals surface area (Å²) < 4.78 is 35.3. The molecule has 0 bridgehead atoms. The van der Waals surface area contributed by atoms with Crippen LogP contribution in [0.15, 0.2) is 63.9 Å². The molecule has 5 nitrogen and oxygen atoms in total. The van der Waals surface area contributed by atoms with Gasteiger partial charge in [-0.2, -0.15) is 4.31 Å². The van der Waals surface area contributed by atoms with Gasteiger partial charge >= 0.3 is 0 Å². The van der Waals surface area contributed by atoms with Crippen LogP contribution in [0.2, 0.25) is 0 Å². The number of furan rings is 1. The molecule has 6 heteroatoms. The van der Waals surface area contributed by atoms with Crippen molar-refractivity contribution in [2.45, 2.75) is 58.3 Å². The third-order valence-electron chi connectivity index (χ3n) is 6.97. The van der Waals surface area contributed by atoms with Crippen LogP contribution in [0.1, 0.15) is 56.8 Å². The van der Waals surface area contributed by atoms with E-state index < -0.39 is 15.9 Å². The molecule has 1 aliphatic rings. The first-order valence-corrected chi connectivity index (χ1v) is 13.4. The maximum absolute atomic E-state index is 14.1. The van der Waals surface area contributed by atoms with Gasteiger partial charge in [-0.25, -0.2) is 8.42 Å². The number of amides is 1. The molecular weight excluding hydrogens is 458 g/mol. The van der Waals surface area contributed by atoms with Gasteiger partial charge in [-0.05, 0) is 100 Å². The fraction of sp³-hybridized carbons (Fsp3) is 0.276. The first kappa shape index (κ1) is 23.4. The summed E-state index contributed by atoms with van der Waals surface area (Å²) in [6.07, 6.45) is 3.92. The summed E-state index contributed by atoms with van der Waals surface area (Å²) in [6.45, 7) is 7.52. The van der Waals surface area contributed by atoms with Crippen molar-refractivity contribution in [2.24, 2.45) is 0 Å². The Morgan fingerprint density at radius 1 is 0.829 bits per heavy atom. The van der Waals surface area contributed by atoms with E-state index >= 15 is 0 Å². The van der Waals surface area contributed by atoms with Crippen LogP contribution in [-0.2, 0) is 22.9 Å². The molecule has 5 rings (SSSR count). The van der Waals surface area contributed by atoms with Gasteiger partial charge in [0.05, 0.1) is 10.6 Å². The second-order valence-electron chi connectivity index (χ2n) is 9.53. The van der Waals surface area contributed by atoms with Gasteiger partial charge in [0.2, 0.25) is 0 Å². The number of anilines is 1. The number of sulfonamides is 1. The number of nitrogens with zero attached hydrogens (tertiary/aromatic N) is 1. The Balaban J connectivity index is 1.72. The molecule has 1 aromatic heterocycles. The summed E-state index contributed by atoms with van der Waals surface area (Å²) >= 11 is 0. The minimum Gasteiger partial charge on any atom is -0.461 e. The highest BCUT2D eigenvalue weighted by Crippen LogP contribution is 2.36. The van der Waals surface area contributed by atoms with Crippen LogP contribution >= 0.6 is 0 Å². The maximum atomic E-state index is 14.1. The van der Waals surface area contributed by atoms with Crippen LogP contribution in [0.3, 0.4) is 0 Å². The fourth-order valence-corrected chi connectivity index (χ4v) is 6.57. The smallest absolute Gasteiger partial charge is 0.272 e. The number of carbonyl (C=O) groups is 1. The van der Waals surface area contributed by atoms with Gasteiger partial charge < -0.3 is 4.42 Å². The molecule has 0 fully saturated rings. The first-order chi connectivity index (χ1) is 16.7. The lowest BCUT2D eigenvalue weighted by molar-refractivity contribution is 0.101. The van der Waals surface area contributed by atoms with Crippen LogP contribution in [0.25, 0.3) is 11.0 Å². The monoisotopic (exact) mass is 487 g/mol. The molecule has 1 amide bonds. The number of fused-ring (bicyclic) bond motifs is 3. The lowest BCUT2D eigenvalue weighted by atomic mass is 9.96. The van der Waals surface area contributed by atoms with Crippen molar-refractivity contribution < 1.29 is 17.6 Å². The van der Waals surface area contributed by atoms with Gasteiger partial charge in [-0.15, -0.1) is 0 Å². The second kappa shape index (κ2) is 8.68. The quantitative estimate of drug-likeness (QED) is 0.326. The zero-order valence-electron chi connectivity index (χ0n) is 20.5. The number of hydrogen-bond donors (Lipinski definition) is 0. The van der Waals surface area contributed by atoms with Gasteiger partial charge in [-0.3, -0.25) is 4.79 Å². The minimum absolute atomic E-state index is 0.135. The Hall–Kier alpha value is -3.38. The first-order valence-electron chi connectivity index (χ1n) is 12.0. The lowest BCUT2D eigenvalue weighted by Crippen LogP contribution is -2.37. The van der Waals surface area contributed by atoms with E-state index in [4.69, 9.17) is 4.42 Å². The average molecular weight is 488 g/mol. The molecule has 0 spiro atoms. The Morgan fingerprint density at radius 3 is 2.26 bits per heavy atom. The zero-order valence-corrected chi connectivity index (χ0v) is 21.3. The van der Waals surface area contributed by atoms with Gasteiger partial charge in [0, 0.05) is 22.9 Å². The highest BCUT2D eigenvalue weighted by atomic mass is 32.2. The van der Waals surface area contributed by atoms with Crippen LogP contribution in [0.5, 0.6) is 0 Å². The van der Waals surface area contributed by atoms with Gasteiger partial charge in [0.25, 0.3) is 15.9 Å². The van der Waals surface area contributed by atoms with Crippen molar-refractivity contribution >= 4 is 32.6 Å². The maximum Gasteiger partial charge on any atom is 0.272 e. The molecule has 4 aromatic rings. The van der Waals surface area contributed by atoms with E-state index in [-0.39, 0.29) is 4.90 Å². The van der Waals surface area contributed by atoms with Gasteiger partial charge in [0.1, 0.15) is 11.3 Å². The summed E-state index contributed by atoms with van der Waals surface area (Å²) in [5.41, 5.74) is 5.94. The van der Waals surface area contributed by atoms with E-state index in [1.54, 1.807) is 43.3 Å². The summed E-state index contributed by atoms with van der Waals surface area (Å²) in [6, 6.07) is 15.7. The predicted molar refractivity (Wildman–Crippen MR) is 139 cm³/mol. The average Bonchev–Trinajstić information content (AvgIpc) is 3.20. The van der Waals surface area contributed by atoms with Crippen molar-refractivity contribution in [3.8, 4) is 0 Å². The molecule has 0 N–H and O–H groups in total. The largest absolute Gasteiger partial charge is 0.461 e. The number of rotatable bonds is 4. The van der Waals surface area contributed by atoms with Crippen molar-refractivity contribution in [3.05, 3.63) is 93.7 Å². The summed E-state index contributed by atoms with van der Waals surface area (Å²) in [4.78, 5) is 14.0. The van der Waals surface area contributed by atoms with Crippen LogP contribution in [0, 0.1) is 27.7 Å². The molecule has 1 aliphatic carbocycles. The molecule has 0 saturated carbocycles. The van der Waals surface area contributed by atoms with Crippen molar-refractivity contribution in [3.63, 3.8) is 0 Å². The molecule has 3 aromatic carbocycles. The molecule has 180 valence electrons. The van der Waals surface area contributed by atoms with Crippen molar-refractivity contribution in [2.75, 3.05) is 4.31 Å². The lowest BCUT2D eigenvalue weighted by Gasteiger charge is -2.24. The number of benzene rings is 3. The highest BCUT2D eigenvalue weighted by molar-refractivity contribution is 7.93. The molecule has 1 heterocycles. The van der Waals surface area contributed by atoms with Crippen LogP contribution in [0.4, 0.5) is 5.69 Å². The van der Waals surface area contributed by atoms with E-state index in [2.05, 4.69) is 0 Å². The van der Waals surface area contributed by atoms with E-state index in [1.807, 2.05) is 39.0 Å². The van der Waals surface area contributed by atoms with Gasteiger partial charge in [-0.1, -0.05) is 23.8 Å². The van der Waals surface area contributed by atoms with Crippen molar-refractivity contribution in [1.29, 1.82) is 0 Å². The number of carbonyl (C=O) groups excluding carboxylic acids is 1. The molecular formula is C29H29NO4S. The third-order valence-corrected chi connectivity index (χ3v) is 8.82. The van der Waals surface area contributed by atoms with E-state index in [9.17, 15) is 13.2 Å². The van der Waals surface area contributed by atoms with Crippen molar-refractivity contribution in [1.82, 2.24) is 0 Å². The molecule has 0 saturated heterocycles. The topological polar surface area (TPSA) is 67.6 Å². The summed E-state index contributed by atoms with van der Waals surface area (Å²) in [5, 5.41) is 0.880. The van der Waals surface area contributed by atoms with Gasteiger partial charge in [0.15, 0.2) is 0 Å². The predicted octanol–water partition coefficient (Wildman–Crippen LogP) is 6.58. The normalized spacial score (nSPS) is 13.6. The van der Waals surface area contributed by atoms with Crippen LogP contribution in [-0.4, -0.2) is 14.3 Å². The second-order valence-corrected chi connectivity index (χ2v) is 11.3. The van der Waals surface area contributed by atoms with E-state index in [1.165, 1.54) is 0 Å². The summed E-state index contributed by atoms with van der Waals surface area (Å²) in [7, 11) is -4.20. The number of aryl methyl sites for hydroxylation is 6. The highest BCUT2D eigenvalue weighted by Gasteiger charge is 2.34. The standard InChI is InChI=1S/C29H29NO4S/c1-18-9-11-22(12-10-18)29(31)30(35(32,33)28-16-20(3)19(2)15-21(28)4)23-13-14-27-25(17-23)24-7-5-6-8-26(24)34-27/h9-17H,5-8H2,1-4H3. The third kappa shape index (κ3) is 4.06. The van der Waals surface area contributed by atoms with E-state index in [0.29, 0.717) is 16.8 Å². The Bertz CT molecular complexity index is 1560. The molecule has 0 unspecified atom stereocenters. The number of hydrogen-bond acceptors (Lipinski definition) is 4. The Kier molecular flexibility index (Phi) is 5.80. The summed E-state index contributed by atoms with van der Waals surface area (Å²) in [5.74, 6) is 0.381. The molecule has 0 radical (unpaired) electrons. The Morgan fingerprint density at radius 2 is 1.51 bits per heavy atom. The van der Waals surface area contributed by atoms with E-state index in [0.717, 1.165) is 69.0 Å². The van der Waals surface area contributed by atoms with Crippen LogP contribution < -0.4 is 4.31 Å². The minimum atomic E-state index is -4.20. The molecule has 0 atom stereocenters. The SMILES string of the molecule is Cc1ccc(C(=O)N(c2ccc3oc4c(c3c2)CCCC4)S(=O)(=O)c2cc(C)c(C)cc2C)cc1. The molecule has 35 heavy (non-hydrogen) atoms. The fourth-order valence-electron chi connectivity index (χ4n) is 4.87. The Labute approximate surface area is 206 Å².